The number of nitrogens with zero attached hydrogens (tertiary/aromatic N) is 4. The van der Waals surface area contributed by atoms with Crippen LogP contribution in [-0.2, 0) is 17.8 Å². The second-order valence-electron chi connectivity index (χ2n) is 8.71. The Kier molecular flexibility index (Phi) is 6.65. The van der Waals surface area contributed by atoms with E-state index in [1.54, 1.807) is 43.3 Å². The lowest BCUT2D eigenvalue weighted by molar-refractivity contribution is -0.121. The van der Waals surface area contributed by atoms with Crippen molar-refractivity contribution in [3.05, 3.63) is 75.3 Å². The number of benzene rings is 2. The molecule has 0 atom stereocenters. The van der Waals surface area contributed by atoms with E-state index in [-0.39, 0.29) is 23.9 Å². The Morgan fingerprint density at radius 2 is 1.94 bits per heavy atom. The van der Waals surface area contributed by atoms with Crippen molar-refractivity contribution in [2.75, 3.05) is 20.8 Å². The lowest BCUT2D eigenvalue weighted by Gasteiger charge is -2.11. The largest absolute Gasteiger partial charge is 0.493 e. The van der Waals surface area contributed by atoms with Crippen molar-refractivity contribution in [2.24, 2.45) is 0 Å². The fourth-order valence-electron chi connectivity index (χ4n) is 4.24. The number of amides is 1. The molecule has 2 heterocycles. The van der Waals surface area contributed by atoms with Gasteiger partial charge in [-0.2, -0.15) is 10.2 Å². The van der Waals surface area contributed by atoms with Crippen LogP contribution in [0.4, 0.5) is 0 Å². The first kappa shape index (κ1) is 23.9. The van der Waals surface area contributed by atoms with E-state index in [1.807, 2.05) is 24.3 Å². The monoisotopic (exact) mass is 507 g/mol. The first-order chi connectivity index (χ1) is 17.5. The lowest BCUT2D eigenvalue weighted by Crippen LogP contribution is -2.35. The van der Waals surface area contributed by atoms with Gasteiger partial charge in [-0.1, -0.05) is 23.7 Å². The third-order valence-corrected chi connectivity index (χ3v) is 6.44. The molecular formula is C26H26ClN5O4. The van der Waals surface area contributed by atoms with Crippen LogP contribution in [-0.4, -0.2) is 46.2 Å². The van der Waals surface area contributed by atoms with Crippen LogP contribution in [0.2, 0.25) is 5.02 Å². The van der Waals surface area contributed by atoms with E-state index < -0.39 is 0 Å². The van der Waals surface area contributed by atoms with Crippen molar-refractivity contribution >= 4 is 28.4 Å². The summed E-state index contributed by atoms with van der Waals surface area (Å²) in [6.45, 7) is 0.225. The number of carbonyl (C=O) groups excluding carboxylic acids is 1. The molecule has 9 nitrogen and oxygen atoms in total. The molecule has 0 aliphatic heterocycles. The SMILES string of the molecule is COc1ccc(CCNC(=O)Cn2nc(C3CC3)c3cnn(-c4cccc(Cl)c4)c3c2=O)cc1OC. The molecule has 0 unspecified atom stereocenters. The molecule has 0 spiro atoms. The molecule has 1 aliphatic carbocycles. The number of rotatable bonds is 9. The van der Waals surface area contributed by atoms with Crippen molar-refractivity contribution in [3.8, 4) is 17.2 Å². The van der Waals surface area contributed by atoms with E-state index in [4.69, 9.17) is 21.1 Å². The summed E-state index contributed by atoms with van der Waals surface area (Å²) >= 11 is 6.17. The van der Waals surface area contributed by atoms with Gasteiger partial charge >= 0.3 is 0 Å². The maximum Gasteiger partial charge on any atom is 0.293 e. The van der Waals surface area contributed by atoms with Crippen LogP contribution in [0.5, 0.6) is 11.5 Å². The van der Waals surface area contributed by atoms with Gasteiger partial charge in [0, 0.05) is 22.9 Å². The second kappa shape index (κ2) is 10.0. The van der Waals surface area contributed by atoms with Crippen molar-refractivity contribution in [3.63, 3.8) is 0 Å². The van der Waals surface area contributed by atoms with Crippen LogP contribution in [0.3, 0.4) is 0 Å². The molecular weight excluding hydrogens is 482 g/mol. The Balaban J connectivity index is 1.36. The van der Waals surface area contributed by atoms with E-state index in [0.29, 0.717) is 46.1 Å². The highest BCUT2D eigenvalue weighted by atomic mass is 35.5. The van der Waals surface area contributed by atoms with Crippen molar-refractivity contribution in [1.82, 2.24) is 24.9 Å². The summed E-state index contributed by atoms with van der Waals surface area (Å²) in [5, 5.41) is 13.2. The molecule has 1 N–H and O–H groups in total. The molecule has 10 heteroatoms. The fraction of sp³-hybridized carbons (Fsp3) is 0.308. The van der Waals surface area contributed by atoms with E-state index in [9.17, 15) is 9.59 Å². The number of ether oxygens (including phenoxy) is 2. The third kappa shape index (κ3) is 4.79. The molecule has 0 bridgehead atoms. The zero-order valence-corrected chi connectivity index (χ0v) is 20.8. The number of nitrogens with one attached hydrogen (secondary N) is 1. The van der Waals surface area contributed by atoms with Gasteiger partial charge < -0.3 is 14.8 Å². The summed E-state index contributed by atoms with van der Waals surface area (Å²) in [7, 11) is 3.17. The zero-order chi connectivity index (χ0) is 25.2. The Morgan fingerprint density at radius 1 is 1.14 bits per heavy atom. The lowest BCUT2D eigenvalue weighted by atomic mass is 10.1. The molecule has 1 saturated carbocycles. The highest BCUT2D eigenvalue weighted by molar-refractivity contribution is 6.30. The van der Waals surface area contributed by atoms with Crippen LogP contribution >= 0.6 is 11.6 Å². The number of methoxy groups -OCH3 is 2. The van der Waals surface area contributed by atoms with Gasteiger partial charge in [-0.15, -0.1) is 0 Å². The van der Waals surface area contributed by atoms with Gasteiger partial charge in [0.1, 0.15) is 12.1 Å². The Morgan fingerprint density at radius 3 is 2.67 bits per heavy atom. The van der Waals surface area contributed by atoms with Crippen LogP contribution in [0.15, 0.2) is 53.5 Å². The standard InChI is InChI=1S/C26H26ClN5O4/c1-35-21-9-6-16(12-22(21)36-2)10-11-28-23(33)15-31-26(34)25-20(24(30-31)17-7-8-17)14-29-32(25)19-5-3-4-18(27)13-19/h3-6,9,12-14,17H,7-8,10-11,15H2,1-2H3,(H,28,33). The predicted molar refractivity (Wildman–Crippen MR) is 136 cm³/mol. The summed E-state index contributed by atoms with van der Waals surface area (Å²) in [5.74, 6) is 1.26. The second-order valence-corrected chi connectivity index (χ2v) is 9.15. The van der Waals surface area contributed by atoms with E-state index in [1.165, 1.54) is 4.68 Å². The number of halogens is 1. The van der Waals surface area contributed by atoms with Gasteiger partial charge in [-0.3, -0.25) is 9.59 Å². The maximum atomic E-state index is 13.4. The van der Waals surface area contributed by atoms with Crippen molar-refractivity contribution < 1.29 is 14.3 Å². The van der Waals surface area contributed by atoms with Crippen LogP contribution < -0.4 is 20.3 Å². The molecule has 4 aromatic rings. The average molecular weight is 508 g/mol. The van der Waals surface area contributed by atoms with E-state index >= 15 is 0 Å². The van der Waals surface area contributed by atoms with Gasteiger partial charge in [-0.05, 0) is 55.2 Å². The first-order valence-electron chi connectivity index (χ1n) is 11.7. The number of hydrogen-bond acceptors (Lipinski definition) is 6. The summed E-state index contributed by atoms with van der Waals surface area (Å²) in [4.78, 5) is 26.2. The summed E-state index contributed by atoms with van der Waals surface area (Å²) in [5.41, 5.74) is 2.49. The van der Waals surface area contributed by atoms with E-state index in [2.05, 4.69) is 15.5 Å². The van der Waals surface area contributed by atoms with Crippen molar-refractivity contribution in [1.29, 1.82) is 0 Å². The number of aromatic nitrogens is 4. The predicted octanol–water partition coefficient (Wildman–Crippen LogP) is 3.49. The molecule has 36 heavy (non-hydrogen) atoms. The van der Waals surface area contributed by atoms with Gasteiger partial charge in [0.2, 0.25) is 5.91 Å². The number of fused-ring (bicyclic) bond motifs is 1. The number of carbonyl (C=O) groups is 1. The van der Waals surface area contributed by atoms with Crippen LogP contribution in [0.1, 0.15) is 30.0 Å². The summed E-state index contributed by atoms with van der Waals surface area (Å²) < 4.78 is 13.4. The first-order valence-corrected chi connectivity index (χ1v) is 12.1. The topological polar surface area (TPSA) is 100 Å². The maximum absolute atomic E-state index is 13.4. The molecule has 0 radical (unpaired) electrons. The van der Waals surface area contributed by atoms with E-state index in [0.717, 1.165) is 24.1 Å². The molecule has 2 aromatic carbocycles. The fourth-order valence-corrected chi connectivity index (χ4v) is 4.42. The third-order valence-electron chi connectivity index (χ3n) is 6.20. The normalized spacial score (nSPS) is 13.1. The molecule has 1 fully saturated rings. The van der Waals surface area contributed by atoms with Crippen LogP contribution in [0.25, 0.3) is 16.6 Å². The summed E-state index contributed by atoms with van der Waals surface area (Å²) in [6.07, 6.45) is 4.27. The molecule has 0 saturated heterocycles. The van der Waals surface area contributed by atoms with Gasteiger partial charge in [0.15, 0.2) is 11.5 Å². The Bertz CT molecular complexity index is 1490. The molecule has 1 aliphatic rings. The highest BCUT2D eigenvalue weighted by Crippen LogP contribution is 2.41. The van der Waals surface area contributed by atoms with Gasteiger partial charge in [0.05, 0.1) is 31.8 Å². The highest BCUT2D eigenvalue weighted by Gasteiger charge is 2.30. The summed E-state index contributed by atoms with van der Waals surface area (Å²) in [6, 6.07) is 12.8. The Hall–Kier alpha value is -3.85. The quantitative estimate of drug-likeness (QED) is 0.372. The average Bonchev–Trinajstić information content (AvgIpc) is 3.63. The molecule has 5 rings (SSSR count). The van der Waals surface area contributed by atoms with Gasteiger partial charge in [-0.25, -0.2) is 9.36 Å². The zero-order valence-electron chi connectivity index (χ0n) is 20.0. The minimum atomic E-state index is -0.373. The molecule has 186 valence electrons. The Labute approximate surface area is 212 Å². The van der Waals surface area contributed by atoms with Gasteiger partial charge in [0.25, 0.3) is 5.56 Å². The smallest absolute Gasteiger partial charge is 0.293 e. The van der Waals surface area contributed by atoms with Crippen LogP contribution in [0, 0.1) is 0 Å². The minimum Gasteiger partial charge on any atom is -0.493 e. The van der Waals surface area contributed by atoms with Crippen molar-refractivity contribution in [2.45, 2.75) is 31.7 Å². The minimum absolute atomic E-state index is 0.179. The molecule has 2 aromatic heterocycles. The number of hydrogen-bond donors (Lipinski definition) is 1. The molecule has 1 amide bonds.